The first-order valence-corrected chi connectivity index (χ1v) is 23.3. The molecular formula is C65H42N2. The van der Waals surface area contributed by atoms with Gasteiger partial charge in [-0.3, -0.25) is 0 Å². The van der Waals surface area contributed by atoms with Crippen LogP contribution in [0.3, 0.4) is 0 Å². The Labute approximate surface area is 389 Å². The molecule has 0 aliphatic heterocycles. The Bertz CT molecular complexity index is 3860. The summed E-state index contributed by atoms with van der Waals surface area (Å²) in [5.74, 6) is 0. The Morgan fingerprint density at radius 1 is 0.299 bits per heavy atom. The van der Waals surface area contributed by atoms with Gasteiger partial charge in [0.15, 0.2) is 0 Å². The summed E-state index contributed by atoms with van der Waals surface area (Å²) in [6.45, 7) is 0. The summed E-state index contributed by atoms with van der Waals surface area (Å²) in [6.07, 6.45) is 0. The van der Waals surface area contributed by atoms with Crippen molar-refractivity contribution in [2.24, 2.45) is 0 Å². The van der Waals surface area contributed by atoms with Crippen molar-refractivity contribution in [2.45, 2.75) is 5.41 Å². The molecule has 1 spiro atoms. The van der Waals surface area contributed by atoms with Crippen LogP contribution in [0.5, 0.6) is 0 Å². The maximum Gasteiger partial charge on any atom is 0.0726 e. The first-order chi connectivity index (χ1) is 33.2. The largest absolute Gasteiger partial charge is 0.310 e. The third kappa shape index (κ3) is 5.51. The van der Waals surface area contributed by atoms with E-state index in [9.17, 15) is 0 Å². The van der Waals surface area contributed by atoms with E-state index in [1.165, 1.54) is 93.8 Å². The Kier molecular flexibility index (Phi) is 8.23. The third-order valence-corrected chi connectivity index (χ3v) is 14.6. The van der Waals surface area contributed by atoms with Gasteiger partial charge >= 0.3 is 0 Å². The summed E-state index contributed by atoms with van der Waals surface area (Å²) in [6, 6.07) is 94.4. The van der Waals surface area contributed by atoms with Gasteiger partial charge in [-0.05, 0) is 127 Å². The Morgan fingerprint density at radius 3 is 1.57 bits per heavy atom. The minimum atomic E-state index is -0.447. The van der Waals surface area contributed by atoms with Gasteiger partial charge in [0, 0.05) is 33.2 Å². The van der Waals surface area contributed by atoms with E-state index >= 15 is 0 Å². The molecule has 1 heterocycles. The van der Waals surface area contributed by atoms with E-state index in [0.717, 1.165) is 28.3 Å². The Hall–Kier alpha value is -8.72. The lowest BCUT2D eigenvalue weighted by Crippen LogP contribution is -2.26. The lowest BCUT2D eigenvalue weighted by atomic mass is 9.70. The van der Waals surface area contributed by atoms with Gasteiger partial charge in [-0.1, -0.05) is 200 Å². The van der Waals surface area contributed by atoms with E-state index in [-0.39, 0.29) is 0 Å². The summed E-state index contributed by atoms with van der Waals surface area (Å²) < 4.78 is 2.42. The van der Waals surface area contributed by atoms with Crippen LogP contribution in [-0.4, -0.2) is 4.57 Å². The highest BCUT2D eigenvalue weighted by Crippen LogP contribution is 2.63. The zero-order chi connectivity index (χ0) is 44.1. The molecule has 11 aromatic carbocycles. The number of hydrogen-bond acceptors (Lipinski definition) is 1. The van der Waals surface area contributed by atoms with Crippen molar-refractivity contribution in [2.75, 3.05) is 4.90 Å². The van der Waals surface area contributed by atoms with Gasteiger partial charge in [0.05, 0.1) is 22.1 Å². The maximum atomic E-state index is 2.50. The second-order valence-electron chi connectivity index (χ2n) is 18.0. The highest BCUT2D eigenvalue weighted by molar-refractivity contribution is 6.10. The van der Waals surface area contributed by atoms with Crippen molar-refractivity contribution in [3.63, 3.8) is 0 Å². The van der Waals surface area contributed by atoms with Crippen molar-refractivity contribution in [3.05, 3.63) is 277 Å². The molecule has 0 N–H and O–H groups in total. The van der Waals surface area contributed by atoms with Crippen LogP contribution in [0, 0.1) is 0 Å². The number of anilines is 3. The van der Waals surface area contributed by atoms with Crippen molar-refractivity contribution in [3.8, 4) is 50.2 Å². The highest BCUT2D eigenvalue weighted by Gasteiger charge is 2.51. The van der Waals surface area contributed by atoms with Crippen molar-refractivity contribution < 1.29 is 0 Å². The van der Waals surface area contributed by atoms with Gasteiger partial charge in [0.2, 0.25) is 0 Å². The van der Waals surface area contributed by atoms with Gasteiger partial charge in [-0.2, -0.15) is 0 Å². The van der Waals surface area contributed by atoms with Gasteiger partial charge in [0.25, 0.3) is 0 Å². The third-order valence-electron chi connectivity index (χ3n) is 14.6. The van der Waals surface area contributed by atoms with Crippen molar-refractivity contribution in [1.82, 2.24) is 4.57 Å². The lowest BCUT2D eigenvalue weighted by Gasteiger charge is -2.32. The SMILES string of the molecule is c1ccc(-c2ccc(-n3c4ccccc4c4ccc(-c5cccc(N(c6ccc7c(c6)C6(c8ccccc8-c8ccccc86)c6ccccc6-7)c6cccc7ccccc67)c5)cc43)cc2)cc1. The highest BCUT2D eigenvalue weighted by atomic mass is 15.1. The van der Waals surface area contributed by atoms with Gasteiger partial charge < -0.3 is 9.47 Å². The molecule has 0 bridgehead atoms. The van der Waals surface area contributed by atoms with Crippen LogP contribution in [0.1, 0.15) is 22.3 Å². The van der Waals surface area contributed by atoms with Gasteiger partial charge in [-0.25, -0.2) is 0 Å². The molecule has 2 heteroatoms. The molecule has 2 aliphatic rings. The van der Waals surface area contributed by atoms with Crippen LogP contribution in [0.25, 0.3) is 82.8 Å². The molecule has 0 saturated heterocycles. The molecular weight excluding hydrogens is 809 g/mol. The molecule has 0 amide bonds. The fraction of sp³-hybridized carbons (Fsp3) is 0.0154. The van der Waals surface area contributed by atoms with Crippen LogP contribution in [0.2, 0.25) is 0 Å². The van der Waals surface area contributed by atoms with E-state index in [1.807, 2.05) is 0 Å². The molecule has 312 valence electrons. The average molecular weight is 851 g/mol. The number of rotatable bonds is 6. The second kappa shape index (κ2) is 14.7. The summed E-state index contributed by atoms with van der Waals surface area (Å²) in [5, 5.41) is 4.90. The molecule has 0 saturated carbocycles. The van der Waals surface area contributed by atoms with Crippen LogP contribution in [0.4, 0.5) is 17.1 Å². The molecule has 12 aromatic rings. The minimum absolute atomic E-state index is 0.447. The Balaban J connectivity index is 0.959. The monoisotopic (exact) mass is 850 g/mol. The zero-order valence-electron chi connectivity index (χ0n) is 36.6. The maximum absolute atomic E-state index is 2.50. The second-order valence-corrected chi connectivity index (χ2v) is 18.0. The van der Waals surface area contributed by atoms with Crippen LogP contribution < -0.4 is 4.90 Å². The number of benzene rings is 11. The molecule has 0 radical (unpaired) electrons. The first kappa shape index (κ1) is 37.6. The van der Waals surface area contributed by atoms with E-state index in [2.05, 4.69) is 264 Å². The fourth-order valence-corrected chi connectivity index (χ4v) is 11.7. The number of nitrogens with zero attached hydrogens (tertiary/aromatic N) is 2. The molecule has 67 heavy (non-hydrogen) atoms. The van der Waals surface area contributed by atoms with Crippen LogP contribution in [0.15, 0.2) is 255 Å². The van der Waals surface area contributed by atoms with E-state index in [0.29, 0.717) is 0 Å². The van der Waals surface area contributed by atoms with Crippen molar-refractivity contribution in [1.29, 1.82) is 0 Å². The minimum Gasteiger partial charge on any atom is -0.310 e. The summed E-state index contributed by atoms with van der Waals surface area (Å²) in [5.41, 5.74) is 21.7. The molecule has 0 unspecified atom stereocenters. The summed E-state index contributed by atoms with van der Waals surface area (Å²) in [4.78, 5) is 2.49. The first-order valence-electron chi connectivity index (χ1n) is 23.3. The zero-order valence-corrected chi connectivity index (χ0v) is 36.6. The molecule has 14 rings (SSSR count). The van der Waals surface area contributed by atoms with Gasteiger partial charge in [-0.15, -0.1) is 0 Å². The molecule has 1 aromatic heterocycles. The van der Waals surface area contributed by atoms with Crippen molar-refractivity contribution >= 4 is 49.6 Å². The molecule has 2 aliphatic carbocycles. The van der Waals surface area contributed by atoms with Gasteiger partial charge in [0.1, 0.15) is 0 Å². The normalized spacial score (nSPS) is 12.9. The Morgan fingerprint density at radius 2 is 0.821 bits per heavy atom. The predicted molar refractivity (Wildman–Crippen MR) is 280 cm³/mol. The number of hydrogen-bond donors (Lipinski definition) is 0. The lowest BCUT2D eigenvalue weighted by molar-refractivity contribution is 0.793. The fourth-order valence-electron chi connectivity index (χ4n) is 11.7. The molecule has 2 nitrogen and oxygen atoms in total. The average Bonchev–Trinajstić information content (AvgIpc) is 4.01. The number of aromatic nitrogens is 1. The number of para-hydroxylation sites is 1. The standard InChI is InChI=1S/C65H42N2/c1-2-16-43(17-3-1)44-32-35-48(36-33-44)67-63-30-13-9-26-56(63)57-38-34-47(41-64(57)67)46-20-14-21-49(40-46)66(62-31-15-19-45-18-4-5-22-51(45)62)50-37-39-55-54-25-8-12-29-60(54)65(61(55)42-50)58-27-10-6-23-52(58)53-24-7-11-28-59(53)65/h1-42H. The van der Waals surface area contributed by atoms with E-state index in [4.69, 9.17) is 0 Å². The molecule has 0 atom stereocenters. The molecule has 0 fully saturated rings. The quantitative estimate of drug-likeness (QED) is 0.162. The number of fused-ring (bicyclic) bond motifs is 14. The van der Waals surface area contributed by atoms with Crippen LogP contribution in [-0.2, 0) is 5.41 Å². The van der Waals surface area contributed by atoms with Crippen LogP contribution >= 0.6 is 0 Å². The summed E-state index contributed by atoms with van der Waals surface area (Å²) >= 11 is 0. The smallest absolute Gasteiger partial charge is 0.0726 e. The van der Waals surface area contributed by atoms with E-state index < -0.39 is 5.41 Å². The predicted octanol–water partition coefficient (Wildman–Crippen LogP) is 17.1. The summed E-state index contributed by atoms with van der Waals surface area (Å²) in [7, 11) is 0. The topological polar surface area (TPSA) is 8.17 Å². The van der Waals surface area contributed by atoms with E-state index in [1.54, 1.807) is 0 Å².